The van der Waals surface area contributed by atoms with Crippen molar-refractivity contribution in [3.8, 4) is 11.5 Å². The number of nitrogens with zero attached hydrogens (tertiary/aromatic N) is 1. The van der Waals surface area contributed by atoms with E-state index in [2.05, 4.69) is 0 Å². The average Bonchev–Trinajstić information content (AvgIpc) is 2.91. The molecule has 1 heterocycles. The maximum absolute atomic E-state index is 14.5. The molecular formula is C28H24ClF2NO7S. The van der Waals surface area contributed by atoms with Gasteiger partial charge in [-0.05, 0) is 60.9 Å². The molecule has 0 fully saturated rings. The Morgan fingerprint density at radius 3 is 2.58 bits per heavy atom. The topological polar surface area (TPSA) is 110 Å². The Bertz CT molecular complexity index is 1600. The van der Waals surface area contributed by atoms with Gasteiger partial charge in [-0.1, -0.05) is 29.8 Å². The minimum absolute atomic E-state index is 0.0596. The number of aliphatic carboxylic acids is 1. The summed E-state index contributed by atoms with van der Waals surface area (Å²) in [6, 6.07) is 12.1. The Morgan fingerprint density at radius 2 is 1.90 bits per heavy atom. The van der Waals surface area contributed by atoms with Crippen LogP contribution in [0.1, 0.15) is 30.9 Å². The quantitative estimate of drug-likeness (QED) is 0.256. The zero-order chi connectivity index (χ0) is 29.2. The molecule has 8 nitrogen and oxygen atoms in total. The van der Waals surface area contributed by atoms with Crippen molar-refractivity contribution < 1.29 is 41.4 Å². The van der Waals surface area contributed by atoms with Crippen molar-refractivity contribution in [3.05, 3.63) is 82.4 Å². The molecule has 40 heavy (non-hydrogen) atoms. The van der Waals surface area contributed by atoms with Crippen LogP contribution in [0, 0.1) is 11.6 Å². The van der Waals surface area contributed by atoms with Crippen LogP contribution in [0.3, 0.4) is 0 Å². The summed E-state index contributed by atoms with van der Waals surface area (Å²) in [7, 11) is -3.11. The lowest BCUT2D eigenvalue weighted by atomic mass is 10.0. The number of carbonyl (C=O) groups is 2. The highest BCUT2D eigenvalue weighted by molar-refractivity contribution is 7.92. The van der Waals surface area contributed by atoms with E-state index in [1.54, 1.807) is 25.1 Å². The van der Waals surface area contributed by atoms with Crippen LogP contribution in [0.5, 0.6) is 11.5 Å². The molecule has 0 aromatic heterocycles. The van der Waals surface area contributed by atoms with E-state index in [1.165, 1.54) is 31.4 Å². The van der Waals surface area contributed by atoms with Gasteiger partial charge in [0.15, 0.2) is 11.6 Å². The van der Waals surface area contributed by atoms with Crippen molar-refractivity contribution in [3.63, 3.8) is 0 Å². The number of ether oxygens (including phenoxy) is 2. The third-order valence-electron chi connectivity index (χ3n) is 6.30. The fourth-order valence-electron chi connectivity index (χ4n) is 4.32. The maximum atomic E-state index is 14.5. The standard InChI is InChI=1S/C28H24ClF2NO7S/c1-16(27-20(29)4-3-5-22(27)31)12-17-6-11-25-23(13-17)32(15-18(39-25)7-10-24(33)28(34)35)40(36,37)19-8-9-21(30)26(14-19)38-2/h3-6,8-9,11-14,18H,7,10,15H2,1-2H3,(H,34,35)/b16-12+/t18-/m0/s1. The molecule has 0 amide bonds. The van der Waals surface area contributed by atoms with Crippen LogP contribution < -0.4 is 13.8 Å². The number of hydrogen-bond acceptors (Lipinski definition) is 6. The van der Waals surface area contributed by atoms with Crippen LogP contribution in [0.15, 0.2) is 59.5 Å². The number of anilines is 1. The van der Waals surface area contributed by atoms with Crippen LogP contribution in [-0.2, 0) is 19.6 Å². The molecule has 0 aliphatic carbocycles. The van der Waals surface area contributed by atoms with Gasteiger partial charge < -0.3 is 14.6 Å². The van der Waals surface area contributed by atoms with Crippen LogP contribution in [0.2, 0.25) is 5.02 Å². The maximum Gasteiger partial charge on any atom is 0.372 e. The zero-order valence-corrected chi connectivity index (χ0v) is 22.9. The van der Waals surface area contributed by atoms with Crippen molar-refractivity contribution in [1.29, 1.82) is 0 Å². The molecule has 3 aromatic rings. The summed E-state index contributed by atoms with van der Waals surface area (Å²) < 4.78 is 68.1. The number of carboxylic acids is 1. The summed E-state index contributed by atoms with van der Waals surface area (Å²) >= 11 is 6.19. The number of hydrogen-bond donors (Lipinski definition) is 1. The van der Waals surface area contributed by atoms with Gasteiger partial charge in [0.1, 0.15) is 17.7 Å². The van der Waals surface area contributed by atoms with Crippen molar-refractivity contribution in [2.24, 2.45) is 0 Å². The highest BCUT2D eigenvalue weighted by Gasteiger charge is 2.35. The second-order valence-corrected chi connectivity index (χ2v) is 11.3. The molecule has 12 heteroatoms. The molecule has 3 aromatic carbocycles. The van der Waals surface area contributed by atoms with E-state index in [4.69, 9.17) is 26.2 Å². The first-order valence-corrected chi connectivity index (χ1v) is 13.8. The summed E-state index contributed by atoms with van der Waals surface area (Å²) in [5, 5.41) is 9.13. The molecule has 0 bridgehead atoms. The second kappa shape index (κ2) is 11.6. The number of allylic oxidation sites excluding steroid dienone is 1. The SMILES string of the molecule is COc1cc(S(=O)(=O)N2C[C@H](CCC(=O)C(=O)O)Oc3ccc(/C=C(\C)c4c(F)cccc4Cl)cc32)ccc1F. The third kappa shape index (κ3) is 5.95. The highest BCUT2D eigenvalue weighted by Crippen LogP contribution is 2.40. The van der Waals surface area contributed by atoms with Gasteiger partial charge >= 0.3 is 5.97 Å². The lowest BCUT2D eigenvalue weighted by Gasteiger charge is -2.35. The summed E-state index contributed by atoms with van der Waals surface area (Å²) in [4.78, 5) is 22.4. The molecule has 1 atom stereocenters. The highest BCUT2D eigenvalue weighted by atomic mass is 35.5. The fraction of sp³-hybridized carbons (Fsp3) is 0.214. The van der Waals surface area contributed by atoms with E-state index in [1.807, 2.05) is 0 Å². The Morgan fingerprint density at radius 1 is 1.15 bits per heavy atom. The molecule has 1 N–H and O–H groups in total. The minimum atomic E-state index is -4.32. The van der Waals surface area contributed by atoms with Gasteiger partial charge in [-0.15, -0.1) is 0 Å². The predicted octanol–water partition coefficient (Wildman–Crippen LogP) is 5.58. The van der Waals surface area contributed by atoms with Gasteiger partial charge in [-0.25, -0.2) is 22.0 Å². The predicted molar refractivity (Wildman–Crippen MR) is 145 cm³/mol. The number of halogens is 3. The molecule has 0 unspecified atom stereocenters. The Labute approximate surface area is 234 Å². The lowest BCUT2D eigenvalue weighted by Crippen LogP contribution is -2.43. The largest absolute Gasteiger partial charge is 0.494 e. The van der Waals surface area contributed by atoms with E-state index in [0.717, 1.165) is 22.5 Å². The molecule has 210 valence electrons. The molecule has 4 rings (SSSR count). The summed E-state index contributed by atoms with van der Waals surface area (Å²) in [5.41, 5.74) is 1.34. The van der Waals surface area contributed by atoms with E-state index in [0.29, 0.717) is 11.1 Å². The summed E-state index contributed by atoms with van der Waals surface area (Å²) in [6.07, 6.45) is 0.356. The molecule has 1 aliphatic heterocycles. The molecule has 1 aliphatic rings. The van der Waals surface area contributed by atoms with Crippen LogP contribution >= 0.6 is 11.6 Å². The van der Waals surface area contributed by atoms with E-state index < -0.39 is 39.5 Å². The number of sulfonamides is 1. The van der Waals surface area contributed by atoms with Crippen LogP contribution in [-0.4, -0.2) is 45.0 Å². The molecule has 0 spiro atoms. The summed E-state index contributed by atoms with van der Waals surface area (Å²) in [6.45, 7) is 1.41. The smallest absolute Gasteiger partial charge is 0.372 e. The van der Waals surface area contributed by atoms with Gasteiger partial charge in [0, 0.05) is 18.1 Å². The fourth-order valence-corrected chi connectivity index (χ4v) is 6.15. The first-order valence-electron chi connectivity index (χ1n) is 12.0. The first-order chi connectivity index (χ1) is 18.9. The minimum Gasteiger partial charge on any atom is -0.494 e. The van der Waals surface area contributed by atoms with Crippen molar-refractivity contribution >= 4 is 50.7 Å². The summed E-state index contributed by atoms with van der Waals surface area (Å²) in [5.74, 6) is -4.00. The number of methoxy groups -OCH3 is 1. The zero-order valence-electron chi connectivity index (χ0n) is 21.4. The van der Waals surface area contributed by atoms with Crippen LogP contribution in [0.25, 0.3) is 11.6 Å². The average molecular weight is 592 g/mol. The van der Waals surface area contributed by atoms with Gasteiger partial charge in [0.25, 0.3) is 10.0 Å². The second-order valence-electron chi connectivity index (χ2n) is 8.99. The van der Waals surface area contributed by atoms with Gasteiger partial charge in [0.05, 0.1) is 29.3 Å². The van der Waals surface area contributed by atoms with Crippen LogP contribution in [0.4, 0.5) is 14.5 Å². The molecule has 0 saturated heterocycles. The van der Waals surface area contributed by atoms with Gasteiger partial charge in [-0.2, -0.15) is 0 Å². The van der Waals surface area contributed by atoms with Crippen molar-refractivity contribution in [2.75, 3.05) is 18.0 Å². The number of rotatable bonds is 9. The molecule has 0 saturated carbocycles. The number of benzene rings is 3. The third-order valence-corrected chi connectivity index (χ3v) is 8.39. The Balaban J connectivity index is 1.78. The van der Waals surface area contributed by atoms with E-state index in [-0.39, 0.29) is 52.1 Å². The van der Waals surface area contributed by atoms with E-state index >= 15 is 0 Å². The van der Waals surface area contributed by atoms with Gasteiger partial charge in [-0.3, -0.25) is 9.10 Å². The number of carbonyl (C=O) groups excluding carboxylic acids is 1. The van der Waals surface area contributed by atoms with Gasteiger partial charge in [0.2, 0.25) is 5.78 Å². The lowest BCUT2D eigenvalue weighted by molar-refractivity contribution is -0.149. The van der Waals surface area contributed by atoms with E-state index in [9.17, 15) is 26.8 Å². The normalized spacial score (nSPS) is 15.3. The molecular weight excluding hydrogens is 568 g/mol. The Hall–Kier alpha value is -3.96. The number of fused-ring (bicyclic) bond motifs is 1. The number of carboxylic acid groups (broad SMARTS) is 1. The van der Waals surface area contributed by atoms with Crippen molar-refractivity contribution in [2.45, 2.75) is 30.8 Å². The molecule has 0 radical (unpaired) electrons. The first kappa shape index (κ1) is 29.0. The number of Topliss-reactive ketones (excluding diaryl/α,β-unsaturated/α-hetero) is 1. The monoisotopic (exact) mass is 591 g/mol. The van der Waals surface area contributed by atoms with Crippen molar-refractivity contribution in [1.82, 2.24) is 0 Å². The Kier molecular flexibility index (Phi) is 8.45. The number of ketones is 1.